The van der Waals surface area contributed by atoms with Gasteiger partial charge < -0.3 is 5.11 Å². The molecule has 0 saturated carbocycles. The first-order valence-electron chi connectivity index (χ1n) is 6.76. The number of Topliss-reactive ketones (excluding diaryl/α,β-unsaturated/α-hetero) is 1. The predicted molar refractivity (Wildman–Crippen MR) is 80.2 cm³/mol. The summed E-state index contributed by atoms with van der Waals surface area (Å²) in [5.74, 6) is -3.19. The van der Waals surface area contributed by atoms with Crippen molar-refractivity contribution >= 4 is 34.1 Å². The van der Waals surface area contributed by atoms with Crippen LogP contribution >= 0.6 is 11.3 Å². The number of halogens is 1. The maximum atomic E-state index is 13.1. The van der Waals surface area contributed by atoms with E-state index < -0.39 is 23.6 Å². The summed E-state index contributed by atoms with van der Waals surface area (Å²) in [7, 11) is 0. The number of carboxylic acid groups (broad SMARTS) is 1. The number of anilines is 1. The van der Waals surface area contributed by atoms with Gasteiger partial charge in [-0.15, -0.1) is 0 Å². The topological polar surface area (TPSA) is 96.4 Å². The van der Waals surface area contributed by atoms with Crippen LogP contribution in [0.5, 0.6) is 0 Å². The van der Waals surface area contributed by atoms with Crippen molar-refractivity contribution in [2.24, 2.45) is 5.92 Å². The third kappa shape index (κ3) is 3.11. The first kappa shape index (κ1) is 15.3. The predicted octanol–water partition coefficient (Wildman–Crippen LogP) is 2.36. The number of fused-ring (bicyclic) bond motifs is 1. The van der Waals surface area contributed by atoms with E-state index in [0.717, 1.165) is 17.4 Å². The molecule has 1 amide bonds. The molecular weight excluding hydrogens is 323 g/mol. The molecule has 1 unspecified atom stereocenters. The molecule has 0 spiro atoms. The monoisotopic (exact) mass is 334 g/mol. The van der Waals surface area contributed by atoms with Crippen LogP contribution in [0.2, 0.25) is 0 Å². The fourth-order valence-electron chi connectivity index (χ4n) is 2.36. The Bertz CT molecular complexity index is 818. The van der Waals surface area contributed by atoms with Gasteiger partial charge in [0.2, 0.25) is 0 Å². The number of ketones is 1. The van der Waals surface area contributed by atoms with Gasteiger partial charge in [0.15, 0.2) is 10.9 Å². The third-order valence-corrected chi connectivity index (χ3v) is 4.53. The number of benzene rings is 1. The highest BCUT2D eigenvalue weighted by molar-refractivity contribution is 7.17. The molecule has 3 rings (SSSR count). The minimum absolute atomic E-state index is 0.0676. The van der Waals surface area contributed by atoms with Gasteiger partial charge in [0, 0.05) is 18.4 Å². The molecule has 118 valence electrons. The summed E-state index contributed by atoms with van der Waals surface area (Å²) >= 11 is 1.01. The number of hydrogen-bond acceptors (Lipinski definition) is 5. The summed E-state index contributed by atoms with van der Waals surface area (Å²) in [5.41, 5.74) is 0.515. The van der Waals surface area contributed by atoms with Crippen LogP contribution in [0, 0.1) is 11.7 Å². The van der Waals surface area contributed by atoms with Crippen molar-refractivity contribution in [2.75, 3.05) is 5.32 Å². The molecule has 1 aromatic carbocycles. The maximum absolute atomic E-state index is 13.1. The molecule has 0 bridgehead atoms. The maximum Gasteiger partial charge on any atom is 0.307 e. The first-order chi connectivity index (χ1) is 10.9. The lowest BCUT2D eigenvalue weighted by Crippen LogP contribution is -2.25. The van der Waals surface area contributed by atoms with E-state index in [0.29, 0.717) is 10.6 Å². The van der Waals surface area contributed by atoms with Gasteiger partial charge in [-0.1, -0.05) is 17.4 Å². The van der Waals surface area contributed by atoms with Gasteiger partial charge in [-0.2, -0.15) is 0 Å². The van der Waals surface area contributed by atoms with Gasteiger partial charge in [0.25, 0.3) is 5.91 Å². The number of carboxylic acids is 1. The Morgan fingerprint density at radius 3 is 2.83 bits per heavy atom. The fourth-order valence-corrected chi connectivity index (χ4v) is 3.29. The van der Waals surface area contributed by atoms with Gasteiger partial charge in [0.05, 0.1) is 16.5 Å². The molecule has 2 N–H and O–H groups in total. The number of rotatable bonds is 3. The zero-order valence-electron chi connectivity index (χ0n) is 11.7. The van der Waals surface area contributed by atoms with Crippen molar-refractivity contribution in [3.63, 3.8) is 0 Å². The Kier molecular flexibility index (Phi) is 3.91. The highest BCUT2D eigenvalue weighted by Crippen LogP contribution is 2.32. The quantitative estimate of drug-likeness (QED) is 0.898. The molecule has 1 aliphatic carbocycles. The van der Waals surface area contributed by atoms with E-state index in [9.17, 15) is 18.8 Å². The lowest BCUT2D eigenvalue weighted by molar-refractivity contribution is -0.141. The Morgan fingerprint density at radius 1 is 1.35 bits per heavy atom. The number of aromatic nitrogens is 1. The smallest absolute Gasteiger partial charge is 0.307 e. The van der Waals surface area contributed by atoms with E-state index in [4.69, 9.17) is 5.11 Å². The van der Waals surface area contributed by atoms with E-state index in [1.54, 1.807) is 0 Å². The first-order valence-corrected chi connectivity index (χ1v) is 7.58. The molecule has 6 nitrogen and oxygen atoms in total. The van der Waals surface area contributed by atoms with Gasteiger partial charge >= 0.3 is 5.97 Å². The molecule has 1 heterocycles. The van der Waals surface area contributed by atoms with Crippen molar-refractivity contribution in [1.29, 1.82) is 0 Å². The van der Waals surface area contributed by atoms with Crippen molar-refractivity contribution in [3.05, 3.63) is 46.2 Å². The summed E-state index contributed by atoms with van der Waals surface area (Å²) in [6, 6.07) is 5.19. The van der Waals surface area contributed by atoms with Crippen molar-refractivity contribution < 1.29 is 23.9 Å². The summed E-state index contributed by atoms with van der Waals surface area (Å²) in [6.07, 6.45) is 0.0878. The summed E-state index contributed by atoms with van der Waals surface area (Å²) in [5, 5.41) is 11.7. The van der Waals surface area contributed by atoms with Crippen LogP contribution in [0.1, 0.15) is 32.1 Å². The van der Waals surface area contributed by atoms with E-state index in [-0.39, 0.29) is 29.3 Å². The zero-order valence-corrected chi connectivity index (χ0v) is 12.5. The molecule has 23 heavy (non-hydrogen) atoms. The molecule has 1 aliphatic rings. The van der Waals surface area contributed by atoms with Crippen LogP contribution in [-0.2, 0) is 11.2 Å². The van der Waals surface area contributed by atoms with E-state index in [1.165, 1.54) is 18.2 Å². The molecule has 0 radical (unpaired) electrons. The van der Waals surface area contributed by atoms with Gasteiger partial charge in [-0.3, -0.25) is 19.7 Å². The van der Waals surface area contributed by atoms with Gasteiger partial charge in [-0.25, -0.2) is 9.37 Å². The summed E-state index contributed by atoms with van der Waals surface area (Å²) in [4.78, 5) is 39.5. The average Bonchev–Trinajstić information content (AvgIpc) is 2.90. The Balaban J connectivity index is 1.81. The number of nitrogens with one attached hydrogen (secondary N) is 1. The zero-order chi connectivity index (χ0) is 16.6. The molecule has 0 aliphatic heterocycles. The Labute approximate surface area is 134 Å². The van der Waals surface area contributed by atoms with Crippen molar-refractivity contribution in [3.8, 4) is 0 Å². The lowest BCUT2D eigenvalue weighted by Gasteiger charge is -2.15. The minimum Gasteiger partial charge on any atom is -0.481 e. The number of carbonyl (C=O) groups excluding carboxylic acids is 2. The van der Waals surface area contributed by atoms with Crippen LogP contribution < -0.4 is 5.32 Å². The number of thiazole rings is 1. The Hall–Kier alpha value is -2.61. The van der Waals surface area contributed by atoms with Crippen molar-refractivity contribution in [2.45, 2.75) is 12.8 Å². The SMILES string of the molecule is O=C(Nc1nc2c(s1)C(=O)CC(C(=O)O)C2)c1cccc(F)c1. The Morgan fingerprint density at radius 2 is 2.13 bits per heavy atom. The van der Waals surface area contributed by atoms with E-state index in [2.05, 4.69) is 10.3 Å². The van der Waals surface area contributed by atoms with E-state index >= 15 is 0 Å². The van der Waals surface area contributed by atoms with Crippen LogP contribution in [-0.4, -0.2) is 27.8 Å². The number of amides is 1. The number of hydrogen-bond donors (Lipinski definition) is 2. The molecule has 1 aromatic heterocycles. The molecule has 2 aromatic rings. The second-order valence-corrected chi connectivity index (χ2v) is 6.12. The minimum atomic E-state index is -1.04. The number of carbonyl (C=O) groups is 3. The average molecular weight is 334 g/mol. The molecular formula is C15H11FN2O4S. The van der Waals surface area contributed by atoms with Crippen LogP contribution in [0.15, 0.2) is 24.3 Å². The van der Waals surface area contributed by atoms with Crippen LogP contribution in [0.3, 0.4) is 0 Å². The normalized spacial score (nSPS) is 16.7. The second kappa shape index (κ2) is 5.88. The molecule has 0 fully saturated rings. The number of nitrogens with zero attached hydrogens (tertiary/aromatic N) is 1. The molecule has 1 atom stereocenters. The standard InChI is InChI=1S/C15H11FN2O4S/c16-9-3-1-2-7(4-9)13(20)18-15-17-10-5-8(14(21)22)6-11(19)12(10)23-15/h1-4,8H,5-6H2,(H,21,22)(H,17,18,20). The van der Waals surface area contributed by atoms with Gasteiger partial charge in [-0.05, 0) is 18.2 Å². The van der Waals surface area contributed by atoms with Crippen molar-refractivity contribution in [1.82, 2.24) is 4.98 Å². The molecule has 0 saturated heterocycles. The van der Waals surface area contributed by atoms with E-state index in [1.807, 2.05) is 0 Å². The highest BCUT2D eigenvalue weighted by Gasteiger charge is 2.33. The lowest BCUT2D eigenvalue weighted by atomic mass is 9.90. The summed E-state index contributed by atoms with van der Waals surface area (Å²) < 4.78 is 13.1. The van der Waals surface area contributed by atoms with Crippen LogP contribution in [0.25, 0.3) is 0 Å². The third-order valence-electron chi connectivity index (χ3n) is 3.48. The summed E-state index contributed by atoms with van der Waals surface area (Å²) in [6.45, 7) is 0. The highest BCUT2D eigenvalue weighted by atomic mass is 32.1. The molecule has 8 heteroatoms. The van der Waals surface area contributed by atoms with Crippen LogP contribution in [0.4, 0.5) is 9.52 Å². The second-order valence-electron chi connectivity index (χ2n) is 5.13. The number of aliphatic carboxylic acids is 1. The van der Waals surface area contributed by atoms with Gasteiger partial charge in [0.1, 0.15) is 5.82 Å². The largest absolute Gasteiger partial charge is 0.481 e. The fraction of sp³-hybridized carbons (Fsp3) is 0.200.